The molecule has 4 N–H and O–H groups in total. The maximum Gasteiger partial charge on any atom is 0.251 e. The summed E-state index contributed by atoms with van der Waals surface area (Å²) in [6, 6.07) is 5.15. The first kappa shape index (κ1) is 12.3. The first-order chi connectivity index (χ1) is 7.69. The van der Waals surface area contributed by atoms with Gasteiger partial charge in [-0.25, -0.2) is 0 Å². The van der Waals surface area contributed by atoms with Crippen molar-refractivity contribution in [3.63, 3.8) is 0 Å². The van der Waals surface area contributed by atoms with E-state index in [0.29, 0.717) is 24.4 Å². The molecule has 0 bridgehead atoms. The third kappa shape index (κ3) is 3.13. The second kappa shape index (κ2) is 5.97. The van der Waals surface area contributed by atoms with Gasteiger partial charge in [0.25, 0.3) is 5.91 Å². The Bertz CT molecular complexity index is 366. The number of nitrogens with two attached hydrogens (primary N) is 1. The number of benzene rings is 1. The molecule has 0 atom stereocenters. The average Bonchev–Trinajstić information content (AvgIpc) is 2.29. The van der Waals surface area contributed by atoms with Crippen molar-refractivity contribution in [2.24, 2.45) is 0 Å². The SMILES string of the molecule is CNc1ccc(C(=O)NCCOC)cc1N. The van der Waals surface area contributed by atoms with Crippen molar-refractivity contribution in [1.82, 2.24) is 5.32 Å². The second-order valence-corrected chi connectivity index (χ2v) is 3.30. The monoisotopic (exact) mass is 223 g/mol. The van der Waals surface area contributed by atoms with Crippen molar-refractivity contribution in [2.75, 3.05) is 38.4 Å². The van der Waals surface area contributed by atoms with Crippen LogP contribution in [0, 0.1) is 0 Å². The predicted molar refractivity (Wildman–Crippen MR) is 64.6 cm³/mol. The second-order valence-electron chi connectivity index (χ2n) is 3.30. The quantitative estimate of drug-likeness (QED) is 0.507. The van der Waals surface area contributed by atoms with Crippen molar-refractivity contribution >= 4 is 17.3 Å². The van der Waals surface area contributed by atoms with E-state index in [1.807, 2.05) is 0 Å². The van der Waals surface area contributed by atoms with Crippen LogP contribution in [0.1, 0.15) is 10.4 Å². The Morgan fingerprint density at radius 3 is 2.81 bits per heavy atom. The lowest BCUT2D eigenvalue weighted by Crippen LogP contribution is -2.27. The molecule has 1 amide bonds. The predicted octanol–water partition coefficient (Wildman–Crippen LogP) is 0.687. The highest BCUT2D eigenvalue weighted by atomic mass is 16.5. The number of nitrogen functional groups attached to an aromatic ring is 1. The number of hydrogen-bond donors (Lipinski definition) is 3. The fourth-order valence-corrected chi connectivity index (χ4v) is 1.30. The van der Waals surface area contributed by atoms with Crippen molar-refractivity contribution < 1.29 is 9.53 Å². The molecule has 1 aromatic rings. The van der Waals surface area contributed by atoms with E-state index < -0.39 is 0 Å². The summed E-state index contributed by atoms with van der Waals surface area (Å²) in [7, 11) is 3.37. The smallest absolute Gasteiger partial charge is 0.251 e. The Morgan fingerprint density at radius 1 is 1.50 bits per heavy atom. The highest BCUT2D eigenvalue weighted by Gasteiger charge is 2.06. The summed E-state index contributed by atoms with van der Waals surface area (Å²) in [6.45, 7) is 0.985. The summed E-state index contributed by atoms with van der Waals surface area (Å²) < 4.78 is 4.84. The maximum absolute atomic E-state index is 11.6. The molecular weight excluding hydrogens is 206 g/mol. The van der Waals surface area contributed by atoms with Gasteiger partial charge in [0.2, 0.25) is 0 Å². The molecule has 0 aliphatic heterocycles. The highest BCUT2D eigenvalue weighted by molar-refractivity contribution is 5.96. The van der Waals surface area contributed by atoms with Gasteiger partial charge in [-0.1, -0.05) is 0 Å². The number of nitrogens with one attached hydrogen (secondary N) is 2. The summed E-state index contributed by atoms with van der Waals surface area (Å²) in [5.41, 5.74) is 7.68. The molecule has 1 rings (SSSR count). The standard InChI is InChI=1S/C11H17N3O2/c1-13-10-4-3-8(7-9(10)12)11(15)14-5-6-16-2/h3-4,7,13H,5-6,12H2,1-2H3,(H,14,15). The van der Waals surface area contributed by atoms with E-state index in [9.17, 15) is 4.79 Å². The lowest BCUT2D eigenvalue weighted by molar-refractivity contribution is 0.0937. The molecule has 0 heterocycles. The number of carbonyl (C=O) groups is 1. The molecule has 0 aliphatic carbocycles. The molecule has 0 aliphatic rings. The highest BCUT2D eigenvalue weighted by Crippen LogP contribution is 2.18. The number of anilines is 2. The molecule has 0 radical (unpaired) electrons. The van der Waals surface area contributed by atoms with Crippen LogP contribution in [0.3, 0.4) is 0 Å². The minimum atomic E-state index is -0.147. The number of methoxy groups -OCH3 is 1. The van der Waals surface area contributed by atoms with Crippen LogP contribution in [-0.2, 0) is 4.74 Å². The number of carbonyl (C=O) groups excluding carboxylic acids is 1. The van der Waals surface area contributed by atoms with Gasteiger partial charge in [0, 0.05) is 26.3 Å². The van der Waals surface area contributed by atoms with Crippen LogP contribution < -0.4 is 16.4 Å². The molecule has 0 saturated carbocycles. The van der Waals surface area contributed by atoms with Crippen LogP contribution in [0.5, 0.6) is 0 Å². The Kier molecular flexibility index (Phi) is 4.60. The zero-order chi connectivity index (χ0) is 12.0. The van der Waals surface area contributed by atoms with E-state index >= 15 is 0 Å². The van der Waals surface area contributed by atoms with Crippen molar-refractivity contribution in [3.8, 4) is 0 Å². The third-order valence-corrected chi connectivity index (χ3v) is 2.17. The Balaban J connectivity index is 2.66. The van der Waals surface area contributed by atoms with Gasteiger partial charge in [-0.15, -0.1) is 0 Å². The van der Waals surface area contributed by atoms with Gasteiger partial charge < -0.3 is 21.1 Å². The van der Waals surface area contributed by atoms with Crippen molar-refractivity contribution in [1.29, 1.82) is 0 Å². The first-order valence-corrected chi connectivity index (χ1v) is 5.03. The van der Waals surface area contributed by atoms with Crippen LogP contribution in [0.4, 0.5) is 11.4 Å². The van der Waals surface area contributed by atoms with E-state index in [2.05, 4.69) is 10.6 Å². The van der Waals surface area contributed by atoms with Crippen LogP contribution in [0.15, 0.2) is 18.2 Å². The molecule has 16 heavy (non-hydrogen) atoms. The molecule has 0 saturated heterocycles. The number of hydrogen-bond acceptors (Lipinski definition) is 4. The van der Waals surface area contributed by atoms with Gasteiger partial charge in [-0.05, 0) is 18.2 Å². The minimum absolute atomic E-state index is 0.147. The van der Waals surface area contributed by atoms with Gasteiger partial charge in [0.15, 0.2) is 0 Å². The van der Waals surface area contributed by atoms with Crippen LogP contribution in [0.25, 0.3) is 0 Å². The fourth-order valence-electron chi connectivity index (χ4n) is 1.30. The molecule has 1 aromatic carbocycles. The largest absolute Gasteiger partial charge is 0.397 e. The van der Waals surface area contributed by atoms with E-state index in [-0.39, 0.29) is 5.91 Å². The van der Waals surface area contributed by atoms with Crippen LogP contribution in [0.2, 0.25) is 0 Å². The number of amides is 1. The summed E-state index contributed by atoms with van der Waals surface area (Å²) in [6.07, 6.45) is 0. The summed E-state index contributed by atoms with van der Waals surface area (Å²) in [4.78, 5) is 11.6. The van der Waals surface area contributed by atoms with Crippen LogP contribution >= 0.6 is 0 Å². The molecule has 5 heteroatoms. The maximum atomic E-state index is 11.6. The lowest BCUT2D eigenvalue weighted by Gasteiger charge is -2.08. The zero-order valence-electron chi connectivity index (χ0n) is 9.54. The topological polar surface area (TPSA) is 76.4 Å². The Morgan fingerprint density at radius 2 is 2.25 bits per heavy atom. The van der Waals surface area contributed by atoms with E-state index in [0.717, 1.165) is 5.69 Å². The van der Waals surface area contributed by atoms with Gasteiger partial charge >= 0.3 is 0 Å². The first-order valence-electron chi connectivity index (χ1n) is 5.03. The van der Waals surface area contributed by atoms with Gasteiger partial charge in [-0.3, -0.25) is 4.79 Å². The minimum Gasteiger partial charge on any atom is -0.397 e. The lowest BCUT2D eigenvalue weighted by atomic mass is 10.1. The molecule has 0 spiro atoms. The molecule has 0 fully saturated rings. The molecule has 5 nitrogen and oxygen atoms in total. The zero-order valence-corrected chi connectivity index (χ0v) is 9.54. The van der Waals surface area contributed by atoms with Gasteiger partial charge in [0.1, 0.15) is 0 Å². The van der Waals surface area contributed by atoms with Crippen molar-refractivity contribution in [3.05, 3.63) is 23.8 Å². The molecule has 0 unspecified atom stereocenters. The van der Waals surface area contributed by atoms with Crippen molar-refractivity contribution in [2.45, 2.75) is 0 Å². The molecule has 88 valence electrons. The summed E-state index contributed by atoms with van der Waals surface area (Å²) >= 11 is 0. The van der Waals surface area contributed by atoms with Gasteiger partial charge in [0.05, 0.1) is 18.0 Å². The average molecular weight is 223 g/mol. The summed E-state index contributed by atoms with van der Waals surface area (Å²) in [5.74, 6) is -0.147. The van der Waals surface area contributed by atoms with E-state index in [1.54, 1.807) is 32.4 Å². The fraction of sp³-hybridized carbons (Fsp3) is 0.364. The Labute approximate surface area is 95.0 Å². The normalized spacial score (nSPS) is 9.88. The van der Waals surface area contributed by atoms with E-state index in [4.69, 9.17) is 10.5 Å². The summed E-state index contributed by atoms with van der Waals surface area (Å²) in [5, 5.41) is 5.66. The number of rotatable bonds is 5. The molecular formula is C11H17N3O2. The Hall–Kier alpha value is -1.75. The number of ether oxygens (including phenoxy) is 1. The van der Waals surface area contributed by atoms with Gasteiger partial charge in [-0.2, -0.15) is 0 Å². The van der Waals surface area contributed by atoms with Crippen LogP contribution in [-0.4, -0.2) is 33.2 Å². The van der Waals surface area contributed by atoms with E-state index in [1.165, 1.54) is 0 Å². The molecule has 0 aromatic heterocycles. The third-order valence-electron chi connectivity index (χ3n) is 2.17.